The Morgan fingerprint density at radius 2 is 0.656 bits per heavy atom. The van der Waals surface area contributed by atoms with Crippen LogP contribution in [0.4, 0.5) is 0 Å². The number of para-hydroxylation sites is 2. The standard InChI is InChI=1S/C58H39N3/c1-5-18-40(19-6-1)43-24-16-28-47(35-43)55-57-56(53-32-13-14-33-54(53)61(57)52-30-11-4-12-31-52)60-58(59-55)48-29-17-26-45(36-48)44-25-15-27-46(34-44)51-38-49(41-20-7-2-8-21-41)37-50(39-51)42-22-9-3-10-23-42/h1-39H. The van der Waals surface area contributed by atoms with Crippen molar-refractivity contribution in [3.8, 4) is 84.0 Å². The number of fused-ring (bicyclic) bond motifs is 3. The van der Waals surface area contributed by atoms with Crippen molar-refractivity contribution < 1.29 is 0 Å². The molecular formula is C58H39N3. The number of hydrogen-bond donors (Lipinski definition) is 0. The molecule has 0 saturated heterocycles. The van der Waals surface area contributed by atoms with Crippen molar-refractivity contribution in [3.05, 3.63) is 237 Å². The van der Waals surface area contributed by atoms with Gasteiger partial charge in [-0.15, -0.1) is 0 Å². The molecule has 2 aromatic heterocycles. The Labute approximate surface area is 355 Å². The van der Waals surface area contributed by atoms with Gasteiger partial charge in [-0.25, -0.2) is 9.97 Å². The Bertz CT molecular complexity index is 3280. The van der Waals surface area contributed by atoms with Gasteiger partial charge in [0.25, 0.3) is 0 Å². The second-order valence-electron chi connectivity index (χ2n) is 15.4. The van der Waals surface area contributed by atoms with Crippen molar-refractivity contribution in [3.63, 3.8) is 0 Å². The highest BCUT2D eigenvalue weighted by Gasteiger charge is 2.21. The molecule has 61 heavy (non-hydrogen) atoms. The second kappa shape index (κ2) is 15.6. The molecule has 0 atom stereocenters. The smallest absolute Gasteiger partial charge is 0.160 e. The summed E-state index contributed by atoms with van der Waals surface area (Å²) in [5.74, 6) is 0.685. The third-order valence-electron chi connectivity index (χ3n) is 11.6. The molecule has 9 aromatic carbocycles. The molecule has 0 aliphatic carbocycles. The van der Waals surface area contributed by atoms with E-state index in [0.29, 0.717) is 5.82 Å². The van der Waals surface area contributed by atoms with Gasteiger partial charge in [-0.2, -0.15) is 0 Å². The molecular weight excluding hydrogens is 739 g/mol. The summed E-state index contributed by atoms with van der Waals surface area (Å²) in [4.78, 5) is 10.9. The molecule has 0 aliphatic rings. The minimum absolute atomic E-state index is 0.685. The Kier molecular flexibility index (Phi) is 9.18. The van der Waals surface area contributed by atoms with Crippen LogP contribution in [0.25, 0.3) is 106 Å². The monoisotopic (exact) mass is 777 g/mol. The number of aromatic nitrogens is 3. The quantitative estimate of drug-likeness (QED) is 0.154. The van der Waals surface area contributed by atoms with E-state index in [1.54, 1.807) is 0 Å². The molecule has 0 bridgehead atoms. The zero-order chi connectivity index (χ0) is 40.5. The summed E-state index contributed by atoms with van der Waals surface area (Å²) in [5, 5.41) is 1.09. The normalized spacial score (nSPS) is 11.3. The lowest BCUT2D eigenvalue weighted by Crippen LogP contribution is -2.00. The van der Waals surface area contributed by atoms with Crippen LogP contribution in [0.5, 0.6) is 0 Å². The van der Waals surface area contributed by atoms with Crippen LogP contribution in [0.1, 0.15) is 0 Å². The molecule has 0 fully saturated rings. The Hall–Kier alpha value is -8.14. The zero-order valence-corrected chi connectivity index (χ0v) is 33.4. The Morgan fingerprint density at radius 1 is 0.279 bits per heavy atom. The lowest BCUT2D eigenvalue weighted by molar-refractivity contribution is 1.15. The number of rotatable bonds is 8. The van der Waals surface area contributed by atoms with Gasteiger partial charge < -0.3 is 4.57 Å². The molecule has 0 aliphatic heterocycles. The second-order valence-corrected chi connectivity index (χ2v) is 15.4. The topological polar surface area (TPSA) is 30.7 Å². The summed E-state index contributed by atoms with van der Waals surface area (Å²) in [6, 6.07) is 84.1. The Balaban J connectivity index is 1.07. The molecule has 2 heterocycles. The van der Waals surface area contributed by atoms with Gasteiger partial charge in [0, 0.05) is 22.2 Å². The molecule has 0 saturated carbocycles. The van der Waals surface area contributed by atoms with Crippen LogP contribution in [0.3, 0.4) is 0 Å². The average molecular weight is 778 g/mol. The van der Waals surface area contributed by atoms with Crippen LogP contribution in [-0.4, -0.2) is 14.5 Å². The summed E-state index contributed by atoms with van der Waals surface area (Å²) < 4.78 is 2.32. The highest BCUT2D eigenvalue weighted by molar-refractivity contribution is 6.11. The minimum Gasteiger partial charge on any atom is -0.306 e. The first-order valence-corrected chi connectivity index (χ1v) is 20.7. The molecule has 0 spiro atoms. The molecule has 286 valence electrons. The lowest BCUT2D eigenvalue weighted by Gasteiger charge is -2.14. The SMILES string of the molecule is c1ccc(-c2cc(-c3ccccc3)cc(-c3cccc(-c4cccc(-c5nc(-c6cccc(-c7ccccc7)c6)c6c(n5)c5ccccc5n6-c5ccccc5)c4)c3)c2)cc1. The van der Waals surface area contributed by atoms with E-state index in [2.05, 4.69) is 241 Å². The van der Waals surface area contributed by atoms with E-state index in [9.17, 15) is 0 Å². The first kappa shape index (κ1) is 36.0. The predicted octanol–water partition coefficient (Wildman–Crippen LogP) is 15.2. The summed E-state index contributed by atoms with van der Waals surface area (Å²) >= 11 is 0. The van der Waals surface area contributed by atoms with Crippen LogP contribution >= 0.6 is 0 Å². The highest BCUT2D eigenvalue weighted by atomic mass is 15.0. The fraction of sp³-hybridized carbons (Fsp3) is 0. The first-order valence-electron chi connectivity index (χ1n) is 20.7. The molecule has 11 rings (SSSR count). The number of benzene rings is 9. The largest absolute Gasteiger partial charge is 0.306 e. The van der Waals surface area contributed by atoms with Crippen molar-refractivity contribution >= 4 is 21.9 Å². The van der Waals surface area contributed by atoms with E-state index < -0.39 is 0 Å². The van der Waals surface area contributed by atoms with Crippen LogP contribution in [0.2, 0.25) is 0 Å². The van der Waals surface area contributed by atoms with Crippen LogP contribution in [0.15, 0.2) is 237 Å². The van der Waals surface area contributed by atoms with Crippen molar-refractivity contribution in [1.29, 1.82) is 0 Å². The zero-order valence-electron chi connectivity index (χ0n) is 33.4. The van der Waals surface area contributed by atoms with Crippen molar-refractivity contribution in [1.82, 2.24) is 14.5 Å². The van der Waals surface area contributed by atoms with Gasteiger partial charge in [0.1, 0.15) is 5.52 Å². The maximum atomic E-state index is 5.50. The molecule has 0 N–H and O–H groups in total. The summed E-state index contributed by atoms with van der Waals surface area (Å²) in [6.45, 7) is 0. The van der Waals surface area contributed by atoms with E-state index in [1.807, 2.05) is 0 Å². The van der Waals surface area contributed by atoms with Crippen LogP contribution in [0, 0.1) is 0 Å². The van der Waals surface area contributed by atoms with Crippen LogP contribution in [-0.2, 0) is 0 Å². The van der Waals surface area contributed by atoms with E-state index in [0.717, 1.165) is 72.3 Å². The average Bonchev–Trinajstić information content (AvgIpc) is 3.69. The Morgan fingerprint density at radius 3 is 1.25 bits per heavy atom. The van der Waals surface area contributed by atoms with Gasteiger partial charge in [-0.3, -0.25) is 0 Å². The molecule has 11 aromatic rings. The van der Waals surface area contributed by atoms with Gasteiger partial charge in [0.15, 0.2) is 5.82 Å². The van der Waals surface area contributed by atoms with E-state index in [1.165, 1.54) is 27.8 Å². The van der Waals surface area contributed by atoms with Gasteiger partial charge >= 0.3 is 0 Å². The van der Waals surface area contributed by atoms with E-state index in [-0.39, 0.29) is 0 Å². The molecule has 0 unspecified atom stereocenters. The summed E-state index contributed by atoms with van der Waals surface area (Å²) in [5.41, 5.74) is 18.6. The fourth-order valence-electron chi connectivity index (χ4n) is 8.60. The van der Waals surface area contributed by atoms with Gasteiger partial charge in [0.2, 0.25) is 0 Å². The highest BCUT2D eigenvalue weighted by Crippen LogP contribution is 2.40. The maximum Gasteiger partial charge on any atom is 0.160 e. The van der Waals surface area contributed by atoms with Crippen molar-refractivity contribution in [2.45, 2.75) is 0 Å². The minimum atomic E-state index is 0.685. The predicted molar refractivity (Wildman–Crippen MR) is 254 cm³/mol. The summed E-state index contributed by atoms with van der Waals surface area (Å²) in [7, 11) is 0. The lowest BCUT2D eigenvalue weighted by atomic mass is 9.92. The molecule has 0 amide bonds. The molecule has 3 nitrogen and oxygen atoms in total. The fourth-order valence-corrected chi connectivity index (χ4v) is 8.60. The molecule has 0 radical (unpaired) electrons. The van der Waals surface area contributed by atoms with Gasteiger partial charge in [-0.05, 0) is 110 Å². The van der Waals surface area contributed by atoms with Crippen molar-refractivity contribution in [2.75, 3.05) is 0 Å². The third-order valence-corrected chi connectivity index (χ3v) is 11.6. The van der Waals surface area contributed by atoms with E-state index in [4.69, 9.17) is 9.97 Å². The third kappa shape index (κ3) is 6.88. The first-order chi connectivity index (χ1) is 30.2. The van der Waals surface area contributed by atoms with Crippen LogP contribution < -0.4 is 0 Å². The summed E-state index contributed by atoms with van der Waals surface area (Å²) in [6.07, 6.45) is 0. The van der Waals surface area contributed by atoms with E-state index >= 15 is 0 Å². The van der Waals surface area contributed by atoms with Gasteiger partial charge in [-0.1, -0.05) is 182 Å². The number of hydrogen-bond acceptors (Lipinski definition) is 2. The number of nitrogens with zero attached hydrogens (tertiary/aromatic N) is 3. The van der Waals surface area contributed by atoms with Gasteiger partial charge in [0.05, 0.1) is 16.7 Å². The van der Waals surface area contributed by atoms with Crippen molar-refractivity contribution in [2.24, 2.45) is 0 Å². The maximum absolute atomic E-state index is 5.50. The molecule has 3 heteroatoms.